The van der Waals surface area contributed by atoms with Gasteiger partial charge in [-0.15, -0.1) is 0 Å². The SMILES string of the molecule is CC(C)(C)C1C2CC(CN(CCCOc3ccc(C#N)cc3O)C2)CN1C(=O)O. The maximum atomic E-state index is 11.8. The van der Waals surface area contributed by atoms with E-state index in [1.54, 1.807) is 17.0 Å². The zero-order chi connectivity index (χ0) is 21.2. The average molecular weight is 402 g/mol. The van der Waals surface area contributed by atoms with Gasteiger partial charge in [-0.25, -0.2) is 4.79 Å². The van der Waals surface area contributed by atoms with Crippen molar-refractivity contribution in [1.82, 2.24) is 9.80 Å². The number of piperidine rings is 2. The number of ether oxygens (including phenoxy) is 1. The molecule has 1 aromatic rings. The predicted octanol–water partition coefficient (Wildman–Crippen LogP) is 3.38. The van der Waals surface area contributed by atoms with Gasteiger partial charge in [0.15, 0.2) is 11.5 Å². The third kappa shape index (κ3) is 4.94. The molecule has 0 spiro atoms. The summed E-state index contributed by atoms with van der Waals surface area (Å²) < 4.78 is 5.67. The van der Waals surface area contributed by atoms with E-state index >= 15 is 0 Å². The van der Waals surface area contributed by atoms with Crippen molar-refractivity contribution < 1.29 is 19.7 Å². The van der Waals surface area contributed by atoms with Crippen LogP contribution >= 0.6 is 0 Å². The highest BCUT2D eigenvalue weighted by atomic mass is 16.5. The Kier molecular flexibility index (Phi) is 6.23. The molecular weight excluding hydrogens is 370 g/mol. The molecule has 2 saturated heterocycles. The molecule has 0 saturated carbocycles. The second-order valence-electron chi connectivity index (χ2n) is 9.36. The number of nitrogens with zero attached hydrogens (tertiary/aromatic N) is 3. The fraction of sp³-hybridized carbons (Fsp3) is 0.636. The van der Waals surface area contributed by atoms with Gasteiger partial charge in [-0.05, 0) is 42.2 Å². The molecule has 158 valence electrons. The topological polar surface area (TPSA) is 97.0 Å². The van der Waals surface area contributed by atoms with Gasteiger partial charge >= 0.3 is 6.09 Å². The molecular formula is C22H31N3O4. The number of phenols is 1. The van der Waals surface area contributed by atoms with Crippen LogP contribution in [0, 0.1) is 28.6 Å². The Balaban J connectivity index is 1.54. The smallest absolute Gasteiger partial charge is 0.407 e. The van der Waals surface area contributed by atoms with Crippen LogP contribution in [0.15, 0.2) is 18.2 Å². The summed E-state index contributed by atoms with van der Waals surface area (Å²) >= 11 is 0. The number of carboxylic acid groups (broad SMARTS) is 1. The second kappa shape index (κ2) is 8.50. The summed E-state index contributed by atoms with van der Waals surface area (Å²) in [5, 5.41) is 28.5. The molecule has 7 heteroatoms. The Hall–Kier alpha value is -2.46. The van der Waals surface area contributed by atoms with E-state index in [1.807, 2.05) is 6.07 Å². The van der Waals surface area contributed by atoms with Gasteiger partial charge in [0.1, 0.15) is 0 Å². The first-order chi connectivity index (χ1) is 13.7. The van der Waals surface area contributed by atoms with Gasteiger partial charge in [0, 0.05) is 38.3 Å². The molecule has 3 atom stereocenters. The van der Waals surface area contributed by atoms with Crippen LogP contribution in [0.2, 0.25) is 0 Å². The fourth-order valence-corrected chi connectivity index (χ4v) is 5.09. The summed E-state index contributed by atoms with van der Waals surface area (Å²) in [6.45, 7) is 10.2. The number of hydrogen-bond acceptors (Lipinski definition) is 5. The van der Waals surface area contributed by atoms with Gasteiger partial charge in [-0.3, -0.25) is 0 Å². The van der Waals surface area contributed by atoms with E-state index in [0.717, 1.165) is 32.5 Å². The van der Waals surface area contributed by atoms with Crippen molar-refractivity contribution in [1.29, 1.82) is 5.26 Å². The number of likely N-dealkylation sites (tertiary alicyclic amines) is 2. The summed E-state index contributed by atoms with van der Waals surface area (Å²) in [4.78, 5) is 15.9. The van der Waals surface area contributed by atoms with E-state index in [-0.39, 0.29) is 17.2 Å². The number of rotatable bonds is 5. The maximum Gasteiger partial charge on any atom is 0.407 e. The molecule has 0 aromatic heterocycles. The molecule has 3 unspecified atom stereocenters. The van der Waals surface area contributed by atoms with Crippen LogP contribution < -0.4 is 4.74 Å². The Morgan fingerprint density at radius 2 is 2.07 bits per heavy atom. The van der Waals surface area contributed by atoms with Crippen molar-refractivity contribution in [2.24, 2.45) is 17.3 Å². The normalized spacial score (nSPS) is 24.8. The minimum Gasteiger partial charge on any atom is -0.504 e. The number of fused-ring (bicyclic) bond motifs is 2. The minimum absolute atomic E-state index is 0.0154. The maximum absolute atomic E-state index is 11.8. The van der Waals surface area contributed by atoms with Crippen molar-refractivity contribution in [2.75, 3.05) is 32.8 Å². The quantitative estimate of drug-likeness (QED) is 0.734. The number of amides is 1. The first-order valence-corrected chi connectivity index (χ1v) is 10.3. The van der Waals surface area contributed by atoms with Crippen LogP contribution in [-0.4, -0.2) is 64.9 Å². The first kappa shape index (κ1) is 21.3. The molecule has 2 aliphatic rings. The molecule has 2 aliphatic heterocycles. The third-order valence-electron chi connectivity index (χ3n) is 5.98. The number of nitriles is 1. The first-order valence-electron chi connectivity index (χ1n) is 10.3. The van der Waals surface area contributed by atoms with E-state index in [4.69, 9.17) is 10.00 Å². The Bertz CT molecular complexity index is 783. The van der Waals surface area contributed by atoms with Crippen LogP contribution in [0.5, 0.6) is 11.5 Å². The fourth-order valence-electron chi connectivity index (χ4n) is 5.09. The largest absolute Gasteiger partial charge is 0.504 e. The van der Waals surface area contributed by atoms with Crippen molar-refractivity contribution in [3.63, 3.8) is 0 Å². The van der Waals surface area contributed by atoms with Crippen molar-refractivity contribution in [3.8, 4) is 17.6 Å². The zero-order valence-corrected chi connectivity index (χ0v) is 17.5. The second-order valence-corrected chi connectivity index (χ2v) is 9.36. The van der Waals surface area contributed by atoms with Crippen LogP contribution in [0.4, 0.5) is 4.79 Å². The van der Waals surface area contributed by atoms with Crippen molar-refractivity contribution in [3.05, 3.63) is 23.8 Å². The van der Waals surface area contributed by atoms with Gasteiger partial charge in [0.05, 0.1) is 18.2 Å². The van der Waals surface area contributed by atoms with E-state index in [1.165, 1.54) is 6.07 Å². The predicted molar refractivity (Wildman–Crippen MR) is 109 cm³/mol. The molecule has 2 bridgehead atoms. The number of carbonyl (C=O) groups is 1. The standard InChI is InChI=1S/C22H31N3O4/c1-22(2,3)20-17-9-16(13-25(20)21(27)28)12-24(14-17)7-4-8-29-19-6-5-15(11-23)10-18(19)26/h5-6,10,16-17,20,26H,4,7-9,12-14H2,1-3H3,(H,27,28). The highest BCUT2D eigenvalue weighted by Crippen LogP contribution is 2.41. The highest BCUT2D eigenvalue weighted by Gasteiger charge is 2.47. The monoisotopic (exact) mass is 401 g/mol. The summed E-state index contributed by atoms with van der Waals surface area (Å²) in [6, 6.07) is 6.67. The molecule has 2 N–H and O–H groups in total. The Labute approximate surface area is 172 Å². The number of phenolic OH excluding ortho intramolecular Hbond substituents is 1. The number of benzene rings is 1. The molecule has 1 amide bonds. The molecule has 0 aliphatic carbocycles. The lowest BCUT2D eigenvalue weighted by Gasteiger charge is -2.54. The van der Waals surface area contributed by atoms with Crippen LogP contribution in [0.1, 0.15) is 39.2 Å². The molecule has 29 heavy (non-hydrogen) atoms. The van der Waals surface area contributed by atoms with Crippen molar-refractivity contribution >= 4 is 6.09 Å². The molecule has 3 rings (SSSR count). The van der Waals surface area contributed by atoms with E-state index in [0.29, 0.717) is 36.3 Å². The summed E-state index contributed by atoms with van der Waals surface area (Å²) in [7, 11) is 0. The Morgan fingerprint density at radius 1 is 1.31 bits per heavy atom. The molecule has 2 fully saturated rings. The summed E-state index contributed by atoms with van der Waals surface area (Å²) in [5.41, 5.74) is 0.311. The minimum atomic E-state index is -0.802. The lowest BCUT2D eigenvalue weighted by molar-refractivity contribution is -0.0449. The summed E-state index contributed by atoms with van der Waals surface area (Å²) in [5.74, 6) is 1.11. The lowest BCUT2D eigenvalue weighted by Crippen LogP contribution is -2.62. The molecule has 1 aromatic carbocycles. The van der Waals surface area contributed by atoms with Gasteiger partial charge in [0.2, 0.25) is 0 Å². The zero-order valence-electron chi connectivity index (χ0n) is 17.5. The molecule has 7 nitrogen and oxygen atoms in total. The van der Waals surface area contributed by atoms with E-state index in [2.05, 4.69) is 25.7 Å². The summed E-state index contributed by atoms with van der Waals surface area (Å²) in [6.07, 6.45) is 1.11. The van der Waals surface area contributed by atoms with Gasteiger partial charge in [0.25, 0.3) is 0 Å². The van der Waals surface area contributed by atoms with Crippen LogP contribution in [-0.2, 0) is 0 Å². The average Bonchev–Trinajstić information content (AvgIpc) is 2.64. The van der Waals surface area contributed by atoms with Crippen LogP contribution in [0.3, 0.4) is 0 Å². The lowest BCUT2D eigenvalue weighted by atomic mass is 9.70. The van der Waals surface area contributed by atoms with Gasteiger partial charge in [-0.2, -0.15) is 5.26 Å². The Morgan fingerprint density at radius 3 is 2.69 bits per heavy atom. The van der Waals surface area contributed by atoms with E-state index < -0.39 is 6.09 Å². The number of hydrogen-bond donors (Lipinski definition) is 2. The number of aromatic hydroxyl groups is 1. The molecule has 0 radical (unpaired) electrons. The van der Waals surface area contributed by atoms with Crippen LogP contribution in [0.25, 0.3) is 0 Å². The highest BCUT2D eigenvalue weighted by molar-refractivity contribution is 5.66. The van der Waals surface area contributed by atoms with Gasteiger partial charge < -0.3 is 24.7 Å². The van der Waals surface area contributed by atoms with Gasteiger partial charge in [-0.1, -0.05) is 20.8 Å². The van der Waals surface area contributed by atoms with Crippen molar-refractivity contribution in [2.45, 2.75) is 39.7 Å². The van der Waals surface area contributed by atoms with E-state index in [9.17, 15) is 15.0 Å². The molecule has 2 heterocycles. The third-order valence-corrected chi connectivity index (χ3v) is 5.98.